The zero-order valence-corrected chi connectivity index (χ0v) is 26.1. The van der Waals surface area contributed by atoms with Crippen molar-refractivity contribution in [3.05, 3.63) is 226 Å². The fourth-order valence-electron chi connectivity index (χ4n) is 6.86. The van der Waals surface area contributed by atoms with Crippen LogP contribution in [0.1, 0.15) is 33.5 Å². The Balaban J connectivity index is 1.42. The van der Waals surface area contributed by atoms with Gasteiger partial charge in [0.2, 0.25) is 0 Å². The second-order valence-corrected chi connectivity index (χ2v) is 12.0. The van der Waals surface area contributed by atoms with Gasteiger partial charge in [0.05, 0.1) is 22.8 Å². The number of aromatic amines is 2. The minimum absolute atomic E-state index is 0.884. The third-order valence-corrected chi connectivity index (χ3v) is 9.02. The van der Waals surface area contributed by atoms with Gasteiger partial charge in [-0.3, -0.25) is 0 Å². The van der Waals surface area contributed by atoms with Crippen LogP contribution in [0, 0.1) is 0 Å². The zero-order valence-electron chi connectivity index (χ0n) is 26.1. The van der Waals surface area contributed by atoms with Gasteiger partial charge in [0, 0.05) is 50.4 Å². The monoisotopic (exact) mass is 614 g/mol. The third kappa shape index (κ3) is 4.88. The van der Waals surface area contributed by atoms with Crippen molar-refractivity contribution in [1.29, 1.82) is 0 Å². The second-order valence-electron chi connectivity index (χ2n) is 12.0. The van der Waals surface area contributed by atoms with E-state index in [4.69, 9.17) is 9.98 Å². The maximum Gasteiger partial charge on any atom is 0.0738 e. The average molecular weight is 615 g/mol. The Morgan fingerprint density at radius 1 is 0.375 bits per heavy atom. The van der Waals surface area contributed by atoms with Gasteiger partial charge in [-0.05, 0) is 64.8 Å². The molecule has 0 saturated carbocycles. The first-order valence-electron chi connectivity index (χ1n) is 16.2. The molecule has 5 heterocycles. The molecule has 2 N–H and O–H groups in total. The molecule has 0 atom stereocenters. The maximum atomic E-state index is 5.34. The second kappa shape index (κ2) is 11.7. The molecule has 0 radical (unpaired) electrons. The minimum atomic E-state index is 0.884. The lowest BCUT2D eigenvalue weighted by Crippen LogP contribution is -2.19. The SMILES string of the molecule is C1=CC2=C(c3ccccc3)c3c[nH]c(c3)C(c3ccccc3)=c3ccc([nH]3)=C(c3ccccc3)C3=NC(=C(c4ccccc4)C1=N2)C=C3. The highest BCUT2D eigenvalue weighted by atomic mass is 14.8. The van der Waals surface area contributed by atoms with Crippen LogP contribution < -0.4 is 10.7 Å². The molecule has 0 amide bonds. The molecule has 0 fully saturated rings. The molecule has 226 valence electrons. The predicted molar refractivity (Wildman–Crippen MR) is 197 cm³/mol. The van der Waals surface area contributed by atoms with E-state index in [-0.39, 0.29) is 0 Å². The smallest absolute Gasteiger partial charge is 0.0738 e. The fraction of sp³-hybridized carbons (Fsp3) is 0. The van der Waals surface area contributed by atoms with Gasteiger partial charge in [0.1, 0.15) is 0 Å². The van der Waals surface area contributed by atoms with Gasteiger partial charge in [-0.15, -0.1) is 0 Å². The first kappa shape index (κ1) is 27.8. The Morgan fingerprint density at radius 2 is 0.812 bits per heavy atom. The predicted octanol–water partition coefficient (Wildman–Crippen LogP) is 8.00. The number of aliphatic imine (C=N–C) groups is 2. The summed E-state index contributed by atoms with van der Waals surface area (Å²) < 4.78 is 0. The summed E-state index contributed by atoms with van der Waals surface area (Å²) in [4.78, 5) is 18.1. The van der Waals surface area contributed by atoms with Gasteiger partial charge in [-0.1, -0.05) is 121 Å². The number of benzene rings is 4. The molecule has 0 aliphatic carbocycles. The summed E-state index contributed by atoms with van der Waals surface area (Å²) in [6, 6.07) is 48.6. The largest absolute Gasteiger partial charge is 0.360 e. The van der Waals surface area contributed by atoms with Crippen molar-refractivity contribution in [3.63, 3.8) is 0 Å². The van der Waals surface area contributed by atoms with E-state index in [0.29, 0.717) is 0 Å². The lowest BCUT2D eigenvalue weighted by atomic mass is 9.96. The lowest BCUT2D eigenvalue weighted by molar-refractivity contribution is 1.23. The summed E-state index contributed by atoms with van der Waals surface area (Å²) in [5.41, 5.74) is 14.3. The molecular weight excluding hydrogens is 585 g/mol. The van der Waals surface area contributed by atoms with Crippen LogP contribution in [0.25, 0.3) is 22.3 Å². The van der Waals surface area contributed by atoms with Crippen LogP contribution in [-0.4, -0.2) is 21.4 Å². The summed E-state index contributed by atoms with van der Waals surface area (Å²) in [6.45, 7) is 0. The molecule has 3 aliphatic heterocycles. The molecule has 2 aromatic heterocycles. The van der Waals surface area contributed by atoms with Crippen LogP contribution >= 0.6 is 0 Å². The van der Waals surface area contributed by atoms with E-state index in [2.05, 4.69) is 168 Å². The number of H-pyrrole nitrogens is 2. The lowest BCUT2D eigenvalue weighted by Gasteiger charge is -2.11. The Labute approximate surface area is 278 Å². The van der Waals surface area contributed by atoms with Crippen LogP contribution in [0.3, 0.4) is 0 Å². The Morgan fingerprint density at radius 3 is 1.38 bits per heavy atom. The summed E-state index contributed by atoms with van der Waals surface area (Å²) in [7, 11) is 0. The number of aromatic nitrogens is 2. The Hall–Kier alpha value is -6.52. The highest BCUT2D eigenvalue weighted by Crippen LogP contribution is 2.36. The van der Waals surface area contributed by atoms with Gasteiger partial charge in [-0.25, -0.2) is 9.98 Å². The molecule has 9 rings (SSSR count). The number of fused-ring (bicyclic) bond motifs is 6. The summed E-state index contributed by atoms with van der Waals surface area (Å²) >= 11 is 0. The van der Waals surface area contributed by atoms with Gasteiger partial charge in [-0.2, -0.15) is 0 Å². The van der Waals surface area contributed by atoms with Crippen molar-refractivity contribution in [2.24, 2.45) is 9.98 Å². The molecule has 4 heteroatoms. The Kier molecular flexibility index (Phi) is 6.76. The van der Waals surface area contributed by atoms with E-state index in [1.54, 1.807) is 0 Å². The van der Waals surface area contributed by atoms with Crippen LogP contribution in [0.4, 0.5) is 0 Å². The molecule has 4 aromatic carbocycles. The molecule has 0 saturated heterocycles. The van der Waals surface area contributed by atoms with E-state index < -0.39 is 0 Å². The first-order chi connectivity index (χ1) is 23.8. The fourth-order valence-corrected chi connectivity index (χ4v) is 6.86. The van der Waals surface area contributed by atoms with Gasteiger partial charge in [0.25, 0.3) is 0 Å². The van der Waals surface area contributed by atoms with Crippen molar-refractivity contribution in [2.75, 3.05) is 0 Å². The molecule has 6 aromatic rings. The summed E-state index contributed by atoms with van der Waals surface area (Å²) in [6.07, 6.45) is 10.6. The highest BCUT2D eigenvalue weighted by Gasteiger charge is 2.23. The van der Waals surface area contributed by atoms with E-state index in [1.807, 2.05) is 12.1 Å². The summed E-state index contributed by atoms with van der Waals surface area (Å²) in [5.74, 6) is 0. The molecular formula is C44H30N4. The standard InChI is InChI=1S/C44H30N4/c1-5-13-29(14-6-1)41-33-27-40(45-28-33)44(32-19-11-4-12-20-32)39-26-25-38(48-39)43(31-17-9-3-10-18-31)37-24-23-36(47-37)42(30-15-7-2-8-16-30)35-22-21-34(41)46-35/h1-28,45,48H. The summed E-state index contributed by atoms with van der Waals surface area (Å²) in [5, 5.41) is 2.02. The number of nitrogens with zero attached hydrogens (tertiary/aromatic N) is 2. The van der Waals surface area contributed by atoms with E-state index in [1.165, 1.54) is 0 Å². The van der Waals surface area contributed by atoms with Crippen LogP contribution in [0.2, 0.25) is 0 Å². The average Bonchev–Trinajstić information content (AvgIpc) is 3.98. The maximum absolute atomic E-state index is 5.34. The molecule has 8 bridgehead atoms. The van der Waals surface area contributed by atoms with Crippen LogP contribution in [0.15, 0.2) is 191 Å². The first-order valence-corrected chi connectivity index (χ1v) is 16.2. The number of nitrogens with one attached hydrogen (secondary N) is 2. The third-order valence-electron chi connectivity index (χ3n) is 9.02. The normalized spacial score (nSPS) is 15.3. The topological polar surface area (TPSA) is 56.3 Å². The van der Waals surface area contributed by atoms with Crippen molar-refractivity contribution < 1.29 is 0 Å². The van der Waals surface area contributed by atoms with Crippen LogP contribution in [0.5, 0.6) is 0 Å². The van der Waals surface area contributed by atoms with Crippen LogP contribution in [-0.2, 0) is 0 Å². The Bertz CT molecular complexity index is 2500. The molecule has 3 aliphatic rings. The van der Waals surface area contributed by atoms with Crippen molar-refractivity contribution in [3.8, 4) is 0 Å². The van der Waals surface area contributed by atoms with E-state index in [0.717, 1.165) is 89.3 Å². The van der Waals surface area contributed by atoms with Crippen molar-refractivity contribution in [1.82, 2.24) is 9.97 Å². The van der Waals surface area contributed by atoms with Crippen molar-refractivity contribution in [2.45, 2.75) is 0 Å². The molecule has 4 nitrogen and oxygen atoms in total. The molecule has 0 spiro atoms. The number of rotatable bonds is 4. The number of hydrogen-bond donors (Lipinski definition) is 2. The van der Waals surface area contributed by atoms with Crippen molar-refractivity contribution >= 4 is 33.7 Å². The molecule has 0 unspecified atom stereocenters. The van der Waals surface area contributed by atoms with Gasteiger partial charge >= 0.3 is 0 Å². The quantitative estimate of drug-likeness (QED) is 0.202. The minimum Gasteiger partial charge on any atom is -0.360 e. The zero-order chi connectivity index (χ0) is 31.9. The van der Waals surface area contributed by atoms with E-state index >= 15 is 0 Å². The number of allylic oxidation sites excluding steroid dienone is 5. The number of hydrogen-bond acceptors (Lipinski definition) is 2. The van der Waals surface area contributed by atoms with Gasteiger partial charge < -0.3 is 9.97 Å². The molecule has 48 heavy (non-hydrogen) atoms. The highest BCUT2D eigenvalue weighted by molar-refractivity contribution is 6.35. The van der Waals surface area contributed by atoms with E-state index in [9.17, 15) is 0 Å². The van der Waals surface area contributed by atoms with Gasteiger partial charge in [0.15, 0.2) is 0 Å².